The molecule has 0 saturated carbocycles. The largest absolute Gasteiger partial charge is 0.495 e. The number of benzene rings is 1. The van der Waals surface area contributed by atoms with Crippen LogP contribution in [0.25, 0.3) is 0 Å². The van der Waals surface area contributed by atoms with Crippen LogP contribution in [0, 0.1) is 0 Å². The zero-order valence-electron chi connectivity index (χ0n) is 11.9. The zero-order valence-corrected chi connectivity index (χ0v) is 11.9. The molecule has 0 bridgehead atoms. The number of amides is 1. The van der Waals surface area contributed by atoms with Gasteiger partial charge >= 0.3 is 12.1 Å². The van der Waals surface area contributed by atoms with Gasteiger partial charge in [0.1, 0.15) is 12.4 Å². The molecule has 0 radical (unpaired) electrons. The minimum atomic E-state index is -0.824. The molecule has 6 heteroatoms. The average Bonchev–Trinajstić information content (AvgIpc) is 2.45. The van der Waals surface area contributed by atoms with Gasteiger partial charge in [0.2, 0.25) is 0 Å². The van der Waals surface area contributed by atoms with Gasteiger partial charge in [-0.05, 0) is 30.5 Å². The van der Waals surface area contributed by atoms with Crippen molar-refractivity contribution < 1.29 is 24.2 Å². The van der Waals surface area contributed by atoms with Gasteiger partial charge in [-0.15, -0.1) is 0 Å². The number of carboxylic acid groups (broad SMARTS) is 1. The van der Waals surface area contributed by atoms with Crippen molar-refractivity contribution >= 4 is 17.7 Å². The topological polar surface area (TPSA) is 84.9 Å². The van der Waals surface area contributed by atoms with E-state index in [0.29, 0.717) is 24.3 Å². The van der Waals surface area contributed by atoms with Gasteiger partial charge in [-0.3, -0.25) is 10.1 Å². The van der Waals surface area contributed by atoms with Crippen LogP contribution in [0.2, 0.25) is 0 Å². The average molecular weight is 293 g/mol. The third-order valence-corrected chi connectivity index (χ3v) is 2.69. The van der Waals surface area contributed by atoms with Gasteiger partial charge in [0.25, 0.3) is 0 Å². The smallest absolute Gasteiger partial charge is 0.412 e. The summed E-state index contributed by atoms with van der Waals surface area (Å²) >= 11 is 0. The molecule has 1 aromatic carbocycles. The van der Waals surface area contributed by atoms with E-state index in [1.807, 2.05) is 6.07 Å². The van der Waals surface area contributed by atoms with E-state index in [1.54, 1.807) is 12.1 Å². The fourth-order valence-corrected chi connectivity index (χ4v) is 1.73. The second kappa shape index (κ2) is 8.63. The summed E-state index contributed by atoms with van der Waals surface area (Å²) in [5.74, 6) is -0.317. The molecule has 0 aliphatic heterocycles. The first-order chi connectivity index (χ1) is 10.1. The summed E-state index contributed by atoms with van der Waals surface area (Å²) in [7, 11) is 1.50. The lowest BCUT2D eigenvalue weighted by Gasteiger charge is -2.12. The number of hydrogen-bond acceptors (Lipinski definition) is 4. The molecule has 0 aliphatic carbocycles. The molecule has 1 rings (SSSR count). The second-order valence-corrected chi connectivity index (χ2v) is 4.29. The molecule has 1 aromatic rings. The van der Waals surface area contributed by atoms with Crippen LogP contribution < -0.4 is 10.1 Å². The van der Waals surface area contributed by atoms with E-state index in [1.165, 1.54) is 13.2 Å². The first-order valence-electron chi connectivity index (χ1n) is 6.50. The normalized spacial score (nSPS) is 9.76. The number of methoxy groups -OCH3 is 1. The number of carbonyl (C=O) groups is 2. The summed E-state index contributed by atoms with van der Waals surface area (Å²) in [4.78, 5) is 22.0. The number of aliphatic carboxylic acids is 1. The highest BCUT2D eigenvalue weighted by Crippen LogP contribution is 2.26. The predicted octanol–water partition coefficient (Wildman–Crippen LogP) is 2.84. The Labute approximate surface area is 123 Å². The van der Waals surface area contributed by atoms with Crippen molar-refractivity contribution in [3.63, 3.8) is 0 Å². The van der Waals surface area contributed by atoms with Crippen molar-refractivity contribution in [1.82, 2.24) is 0 Å². The molecule has 21 heavy (non-hydrogen) atoms. The Balaban J connectivity index is 2.72. The summed E-state index contributed by atoms with van der Waals surface area (Å²) in [5.41, 5.74) is 1.40. The summed E-state index contributed by atoms with van der Waals surface area (Å²) in [6, 6.07) is 5.30. The standard InChI is InChI=1S/C15H19NO5/c1-3-9-21-15(19)16-12-10-11(5-4-6-14(17)18)7-8-13(12)20-2/h3,7-8,10H,1,4-6,9H2,2H3,(H,16,19)(H,17,18). The van der Waals surface area contributed by atoms with Gasteiger partial charge in [0.15, 0.2) is 0 Å². The molecular formula is C15H19NO5. The molecule has 2 N–H and O–H groups in total. The minimum Gasteiger partial charge on any atom is -0.495 e. The van der Waals surface area contributed by atoms with Gasteiger partial charge < -0.3 is 14.6 Å². The SMILES string of the molecule is C=CCOC(=O)Nc1cc(CCCC(=O)O)ccc1OC. The zero-order chi connectivity index (χ0) is 15.7. The van der Waals surface area contributed by atoms with Crippen molar-refractivity contribution in [1.29, 1.82) is 0 Å². The molecule has 0 aromatic heterocycles. The third-order valence-electron chi connectivity index (χ3n) is 2.69. The number of carbonyl (C=O) groups excluding carboxylic acids is 1. The molecule has 0 heterocycles. The Morgan fingerprint density at radius 1 is 1.43 bits per heavy atom. The van der Waals surface area contributed by atoms with E-state index < -0.39 is 12.1 Å². The monoisotopic (exact) mass is 293 g/mol. The van der Waals surface area contributed by atoms with Crippen LogP contribution >= 0.6 is 0 Å². The van der Waals surface area contributed by atoms with E-state index >= 15 is 0 Å². The van der Waals surface area contributed by atoms with Crippen LogP contribution in [0.1, 0.15) is 18.4 Å². The molecule has 114 valence electrons. The number of carboxylic acids is 1. The van der Waals surface area contributed by atoms with E-state index in [-0.39, 0.29) is 13.0 Å². The highest BCUT2D eigenvalue weighted by Gasteiger charge is 2.09. The van der Waals surface area contributed by atoms with E-state index in [9.17, 15) is 9.59 Å². The summed E-state index contributed by atoms with van der Waals surface area (Å²) in [6.07, 6.45) is 2.11. The molecular weight excluding hydrogens is 274 g/mol. The highest BCUT2D eigenvalue weighted by atomic mass is 16.5. The van der Waals surface area contributed by atoms with Crippen molar-refractivity contribution in [2.75, 3.05) is 19.0 Å². The van der Waals surface area contributed by atoms with Gasteiger partial charge in [-0.1, -0.05) is 18.7 Å². The van der Waals surface area contributed by atoms with Crippen LogP contribution in [0.4, 0.5) is 10.5 Å². The predicted molar refractivity (Wildman–Crippen MR) is 78.7 cm³/mol. The summed E-state index contributed by atoms with van der Waals surface area (Å²) in [5, 5.41) is 11.2. The lowest BCUT2D eigenvalue weighted by molar-refractivity contribution is -0.137. The lowest BCUT2D eigenvalue weighted by Crippen LogP contribution is -2.14. The summed E-state index contributed by atoms with van der Waals surface area (Å²) < 4.78 is 10.0. The van der Waals surface area contributed by atoms with E-state index in [2.05, 4.69) is 11.9 Å². The van der Waals surface area contributed by atoms with Gasteiger partial charge in [0.05, 0.1) is 12.8 Å². The van der Waals surface area contributed by atoms with Crippen molar-refractivity contribution in [2.24, 2.45) is 0 Å². The van der Waals surface area contributed by atoms with Crippen LogP contribution in [-0.2, 0) is 16.0 Å². The minimum absolute atomic E-state index is 0.107. The Kier molecular flexibility index (Phi) is 6.80. The number of anilines is 1. The Morgan fingerprint density at radius 3 is 2.81 bits per heavy atom. The Bertz CT molecular complexity index is 513. The van der Waals surface area contributed by atoms with E-state index in [0.717, 1.165) is 5.56 Å². The molecule has 1 amide bonds. The second-order valence-electron chi connectivity index (χ2n) is 4.29. The number of hydrogen-bond donors (Lipinski definition) is 2. The molecule has 0 saturated heterocycles. The Morgan fingerprint density at radius 2 is 2.19 bits per heavy atom. The molecule has 0 aliphatic rings. The van der Waals surface area contributed by atoms with Crippen LogP contribution in [0.5, 0.6) is 5.75 Å². The van der Waals surface area contributed by atoms with Crippen LogP contribution in [-0.4, -0.2) is 30.9 Å². The van der Waals surface area contributed by atoms with Crippen LogP contribution in [0.3, 0.4) is 0 Å². The van der Waals surface area contributed by atoms with Gasteiger partial charge in [0, 0.05) is 6.42 Å². The van der Waals surface area contributed by atoms with Crippen molar-refractivity contribution in [3.8, 4) is 5.75 Å². The van der Waals surface area contributed by atoms with Crippen molar-refractivity contribution in [2.45, 2.75) is 19.3 Å². The first-order valence-corrected chi connectivity index (χ1v) is 6.50. The number of aryl methyl sites for hydroxylation is 1. The van der Waals surface area contributed by atoms with Gasteiger partial charge in [-0.2, -0.15) is 0 Å². The maximum atomic E-state index is 11.5. The third kappa shape index (κ3) is 5.99. The Hall–Kier alpha value is -2.50. The molecule has 0 fully saturated rings. The number of rotatable bonds is 8. The fraction of sp³-hybridized carbons (Fsp3) is 0.333. The molecule has 6 nitrogen and oxygen atoms in total. The maximum Gasteiger partial charge on any atom is 0.412 e. The first kappa shape index (κ1) is 16.6. The van der Waals surface area contributed by atoms with E-state index in [4.69, 9.17) is 14.6 Å². The maximum absolute atomic E-state index is 11.5. The van der Waals surface area contributed by atoms with Crippen molar-refractivity contribution in [3.05, 3.63) is 36.4 Å². The number of nitrogens with one attached hydrogen (secondary N) is 1. The molecule has 0 atom stereocenters. The summed E-state index contributed by atoms with van der Waals surface area (Å²) in [6.45, 7) is 3.58. The number of ether oxygens (including phenoxy) is 2. The fourth-order valence-electron chi connectivity index (χ4n) is 1.73. The van der Waals surface area contributed by atoms with Gasteiger partial charge in [-0.25, -0.2) is 4.79 Å². The van der Waals surface area contributed by atoms with Crippen LogP contribution in [0.15, 0.2) is 30.9 Å². The lowest BCUT2D eigenvalue weighted by atomic mass is 10.1. The molecule has 0 unspecified atom stereocenters. The highest BCUT2D eigenvalue weighted by molar-refractivity contribution is 5.87. The molecule has 0 spiro atoms. The quantitative estimate of drug-likeness (QED) is 0.720.